The summed E-state index contributed by atoms with van der Waals surface area (Å²) in [5.41, 5.74) is 6.87. The molecule has 3 N–H and O–H groups in total. The summed E-state index contributed by atoms with van der Waals surface area (Å²) < 4.78 is 0. The second-order valence-electron chi connectivity index (χ2n) is 4.13. The number of carbonyl (C=O) groups is 1. The summed E-state index contributed by atoms with van der Waals surface area (Å²) in [7, 11) is 0. The maximum atomic E-state index is 12.2. The first-order valence-electron chi connectivity index (χ1n) is 6.42. The van der Waals surface area contributed by atoms with Gasteiger partial charge in [0, 0.05) is 10.4 Å². The molecule has 0 unspecified atom stereocenters. The minimum absolute atomic E-state index is 0.100. The molecule has 0 saturated heterocycles. The van der Waals surface area contributed by atoms with Gasteiger partial charge in [-0.25, -0.2) is 0 Å². The van der Waals surface area contributed by atoms with Crippen molar-refractivity contribution in [2.24, 2.45) is 5.73 Å². The van der Waals surface area contributed by atoms with E-state index >= 15 is 0 Å². The monoisotopic (exact) mass is 284 g/mol. The van der Waals surface area contributed by atoms with E-state index in [0.29, 0.717) is 17.1 Å². The Labute approximate surface area is 122 Å². The van der Waals surface area contributed by atoms with E-state index in [1.165, 1.54) is 16.2 Å². The Hall–Kier alpha value is -2.09. The molecule has 0 bridgehead atoms. The number of benzene rings is 1. The lowest BCUT2D eigenvalue weighted by Gasteiger charge is -2.05. The number of hydrogen-bond acceptors (Lipinski definition) is 3. The average molecular weight is 284 g/mol. The van der Waals surface area contributed by atoms with Crippen LogP contribution in [0.15, 0.2) is 36.4 Å². The molecule has 0 atom stereocenters. The van der Waals surface area contributed by atoms with Crippen LogP contribution in [-0.4, -0.2) is 12.5 Å². The van der Waals surface area contributed by atoms with Crippen molar-refractivity contribution in [2.75, 3.05) is 11.9 Å². The van der Waals surface area contributed by atoms with E-state index in [0.717, 1.165) is 12.0 Å². The molecule has 2 rings (SSSR count). The standard InChI is InChI=1S/C16H16N2OS/c1-2-13-9-10-15(20-13)16(19)18-14-8-4-3-6-12(14)7-5-11-17/h3-4,6,8-10H,2,11,17H2,1H3,(H,18,19). The Bertz CT molecular complexity index is 664. The van der Waals surface area contributed by atoms with Crippen molar-refractivity contribution in [3.05, 3.63) is 51.7 Å². The highest BCUT2D eigenvalue weighted by molar-refractivity contribution is 7.14. The second kappa shape index (κ2) is 6.90. The van der Waals surface area contributed by atoms with Crippen molar-refractivity contribution in [1.29, 1.82) is 0 Å². The number of nitrogens with two attached hydrogens (primary N) is 1. The van der Waals surface area contributed by atoms with Crippen LogP contribution in [0.5, 0.6) is 0 Å². The molecule has 0 spiro atoms. The lowest BCUT2D eigenvalue weighted by atomic mass is 10.2. The first kappa shape index (κ1) is 14.3. The molecule has 4 heteroatoms. The number of nitrogens with one attached hydrogen (secondary N) is 1. The SMILES string of the molecule is CCc1ccc(C(=O)Nc2ccccc2C#CCN)s1. The third kappa shape index (κ3) is 3.47. The van der Waals surface area contributed by atoms with Gasteiger partial charge in [-0.05, 0) is 30.7 Å². The van der Waals surface area contributed by atoms with Gasteiger partial charge in [0.15, 0.2) is 0 Å². The average Bonchev–Trinajstić information content (AvgIpc) is 2.95. The number of aryl methyl sites for hydroxylation is 1. The fourth-order valence-electron chi connectivity index (χ4n) is 1.72. The van der Waals surface area contributed by atoms with Crippen molar-refractivity contribution >= 4 is 22.9 Å². The largest absolute Gasteiger partial charge is 0.320 e. The van der Waals surface area contributed by atoms with Crippen molar-refractivity contribution in [3.8, 4) is 11.8 Å². The Morgan fingerprint density at radius 3 is 2.80 bits per heavy atom. The third-order valence-corrected chi connectivity index (χ3v) is 3.96. The maximum Gasteiger partial charge on any atom is 0.265 e. The number of anilines is 1. The fourth-order valence-corrected chi connectivity index (χ4v) is 2.56. The first-order valence-corrected chi connectivity index (χ1v) is 7.24. The molecule has 1 aromatic carbocycles. The van der Waals surface area contributed by atoms with E-state index in [1.54, 1.807) is 0 Å². The van der Waals surface area contributed by atoms with E-state index < -0.39 is 0 Å². The zero-order valence-corrected chi connectivity index (χ0v) is 12.1. The van der Waals surface area contributed by atoms with Crippen LogP contribution >= 0.6 is 11.3 Å². The second-order valence-corrected chi connectivity index (χ2v) is 5.29. The number of para-hydroxylation sites is 1. The van der Waals surface area contributed by atoms with Gasteiger partial charge in [0.1, 0.15) is 0 Å². The van der Waals surface area contributed by atoms with Crippen LogP contribution in [0.25, 0.3) is 0 Å². The smallest absolute Gasteiger partial charge is 0.265 e. The summed E-state index contributed by atoms with van der Waals surface area (Å²) in [5, 5.41) is 2.90. The summed E-state index contributed by atoms with van der Waals surface area (Å²) in [5.74, 6) is 5.66. The van der Waals surface area contributed by atoms with Crippen LogP contribution in [0.4, 0.5) is 5.69 Å². The van der Waals surface area contributed by atoms with Gasteiger partial charge in [-0.15, -0.1) is 11.3 Å². The van der Waals surface area contributed by atoms with E-state index in [-0.39, 0.29) is 5.91 Å². The zero-order chi connectivity index (χ0) is 14.4. The van der Waals surface area contributed by atoms with E-state index in [1.807, 2.05) is 36.4 Å². The number of hydrogen-bond donors (Lipinski definition) is 2. The zero-order valence-electron chi connectivity index (χ0n) is 11.3. The molecule has 1 amide bonds. The Morgan fingerprint density at radius 2 is 2.10 bits per heavy atom. The number of amides is 1. The minimum Gasteiger partial charge on any atom is -0.320 e. The Kier molecular flexibility index (Phi) is 4.94. The van der Waals surface area contributed by atoms with Crippen molar-refractivity contribution in [2.45, 2.75) is 13.3 Å². The van der Waals surface area contributed by atoms with E-state index in [2.05, 4.69) is 24.1 Å². The molecule has 0 saturated carbocycles. The lowest BCUT2D eigenvalue weighted by Crippen LogP contribution is -2.11. The van der Waals surface area contributed by atoms with Crippen LogP contribution in [0, 0.1) is 11.8 Å². The molecule has 0 radical (unpaired) electrons. The Morgan fingerprint density at radius 1 is 1.30 bits per heavy atom. The summed E-state index contributed by atoms with van der Waals surface area (Å²) in [6.07, 6.45) is 0.941. The predicted octanol–water partition coefficient (Wildman–Crippen LogP) is 2.87. The Balaban J connectivity index is 2.19. The lowest BCUT2D eigenvalue weighted by molar-refractivity contribution is 0.103. The van der Waals surface area contributed by atoms with Gasteiger partial charge in [0.05, 0.1) is 17.1 Å². The highest BCUT2D eigenvalue weighted by Crippen LogP contribution is 2.20. The first-order chi connectivity index (χ1) is 9.74. The normalized spacial score (nSPS) is 9.70. The summed E-state index contributed by atoms with van der Waals surface area (Å²) >= 11 is 1.52. The molecule has 102 valence electrons. The number of carbonyl (C=O) groups excluding carboxylic acids is 1. The molecule has 0 aliphatic rings. The van der Waals surface area contributed by atoms with Gasteiger partial charge in [-0.1, -0.05) is 30.9 Å². The van der Waals surface area contributed by atoms with Crippen LogP contribution in [0.2, 0.25) is 0 Å². The van der Waals surface area contributed by atoms with Crippen LogP contribution < -0.4 is 11.1 Å². The van der Waals surface area contributed by atoms with E-state index in [9.17, 15) is 4.79 Å². The van der Waals surface area contributed by atoms with Gasteiger partial charge >= 0.3 is 0 Å². The highest BCUT2D eigenvalue weighted by Gasteiger charge is 2.10. The number of thiophene rings is 1. The highest BCUT2D eigenvalue weighted by atomic mass is 32.1. The molecule has 20 heavy (non-hydrogen) atoms. The van der Waals surface area contributed by atoms with Crippen LogP contribution in [-0.2, 0) is 6.42 Å². The molecule has 0 fully saturated rings. The van der Waals surface area contributed by atoms with Gasteiger partial charge in [0.2, 0.25) is 0 Å². The van der Waals surface area contributed by atoms with Crippen molar-refractivity contribution < 1.29 is 4.79 Å². The molecule has 1 aromatic heterocycles. The molecule has 2 aromatic rings. The van der Waals surface area contributed by atoms with Crippen molar-refractivity contribution in [3.63, 3.8) is 0 Å². The van der Waals surface area contributed by atoms with Gasteiger partial charge in [-0.2, -0.15) is 0 Å². The molecule has 0 aliphatic heterocycles. The summed E-state index contributed by atoms with van der Waals surface area (Å²) in [6, 6.07) is 11.3. The molecule has 1 heterocycles. The summed E-state index contributed by atoms with van der Waals surface area (Å²) in [4.78, 5) is 14.1. The minimum atomic E-state index is -0.100. The van der Waals surface area contributed by atoms with E-state index in [4.69, 9.17) is 5.73 Å². The topological polar surface area (TPSA) is 55.1 Å². The fraction of sp³-hybridized carbons (Fsp3) is 0.188. The third-order valence-electron chi connectivity index (χ3n) is 2.73. The molecule has 3 nitrogen and oxygen atoms in total. The van der Waals surface area contributed by atoms with Gasteiger partial charge < -0.3 is 11.1 Å². The van der Waals surface area contributed by atoms with Gasteiger partial charge in [-0.3, -0.25) is 4.79 Å². The van der Waals surface area contributed by atoms with Gasteiger partial charge in [0.25, 0.3) is 5.91 Å². The summed E-state index contributed by atoms with van der Waals surface area (Å²) in [6.45, 7) is 2.37. The maximum absolute atomic E-state index is 12.2. The van der Waals surface area contributed by atoms with Crippen LogP contribution in [0.1, 0.15) is 27.0 Å². The van der Waals surface area contributed by atoms with Crippen LogP contribution in [0.3, 0.4) is 0 Å². The predicted molar refractivity (Wildman–Crippen MR) is 84.0 cm³/mol. The molecule has 0 aliphatic carbocycles. The molecular weight excluding hydrogens is 268 g/mol. The quantitative estimate of drug-likeness (QED) is 0.852. The molecular formula is C16H16N2OS. The number of rotatable bonds is 3. The van der Waals surface area contributed by atoms with Crippen molar-refractivity contribution in [1.82, 2.24) is 0 Å².